The van der Waals surface area contributed by atoms with Crippen molar-refractivity contribution in [2.24, 2.45) is 11.5 Å². The molecule has 8 rings (SSSR count). The summed E-state index contributed by atoms with van der Waals surface area (Å²) in [6, 6.07) is 9.98. The van der Waals surface area contributed by atoms with Crippen LogP contribution in [0.25, 0.3) is 11.4 Å². The zero-order valence-electron chi connectivity index (χ0n) is 29.3. The molecule has 284 valence electrons. The minimum absolute atomic E-state index is 0.0164. The number of H-pyrrole nitrogens is 1. The quantitative estimate of drug-likeness (QED) is 0.111. The summed E-state index contributed by atoms with van der Waals surface area (Å²) < 4.78 is 17.4. The van der Waals surface area contributed by atoms with Crippen molar-refractivity contribution in [2.75, 3.05) is 22.1 Å². The normalized spacial score (nSPS) is 14.5. The zero-order valence-corrected chi connectivity index (χ0v) is 31.5. The number of halogens is 2. The van der Waals surface area contributed by atoms with E-state index in [1.165, 1.54) is 11.0 Å². The molecule has 0 unspecified atom stereocenters. The maximum Gasteiger partial charge on any atom is 0.252 e. The average Bonchev–Trinajstić information content (AvgIpc) is 4.01. The van der Waals surface area contributed by atoms with E-state index in [4.69, 9.17) is 22.9 Å². The molecule has 11 N–H and O–H groups in total. The van der Waals surface area contributed by atoms with E-state index in [9.17, 15) is 9.18 Å². The van der Waals surface area contributed by atoms with Crippen molar-refractivity contribution in [1.82, 2.24) is 54.9 Å². The molecule has 0 radical (unpaired) electrons. The smallest absolute Gasteiger partial charge is 0.252 e. The average molecular weight is 860 g/mol. The first-order chi connectivity index (χ1) is 26.7. The van der Waals surface area contributed by atoms with Gasteiger partial charge in [0.1, 0.15) is 11.5 Å². The van der Waals surface area contributed by atoms with Crippen molar-refractivity contribution in [3.8, 4) is 11.4 Å². The maximum absolute atomic E-state index is 14.6. The molecule has 20 heteroatoms. The fourth-order valence-corrected chi connectivity index (χ4v) is 5.63. The van der Waals surface area contributed by atoms with E-state index < -0.39 is 11.7 Å². The van der Waals surface area contributed by atoms with Crippen molar-refractivity contribution < 1.29 is 9.18 Å². The van der Waals surface area contributed by atoms with Crippen LogP contribution >= 0.6 is 22.6 Å². The third-order valence-corrected chi connectivity index (χ3v) is 8.26. The number of hydrogen-bond acceptors (Lipinski definition) is 14. The molecular formula is C35H39FIN17O. The van der Waals surface area contributed by atoms with E-state index in [0.29, 0.717) is 17.1 Å². The van der Waals surface area contributed by atoms with Gasteiger partial charge in [-0.1, -0.05) is 12.8 Å². The number of carbonyl (C=O) groups excluding carboxylic acids is 1. The van der Waals surface area contributed by atoms with Gasteiger partial charge in [0, 0.05) is 59.0 Å². The van der Waals surface area contributed by atoms with Crippen LogP contribution in [-0.4, -0.2) is 72.9 Å². The molecule has 2 atom stereocenters. The Morgan fingerprint density at radius 2 is 1.56 bits per heavy atom. The molecule has 1 aliphatic rings. The van der Waals surface area contributed by atoms with E-state index in [2.05, 4.69) is 78.7 Å². The van der Waals surface area contributed by atoms with Crippen LogP contribution in [0.4, 0.5) is 33.1 Å². The third kappa shape index (κ3) is 12.3. The molecule has 0 saturated heterocycles. The fraction of sp³-hybridized carbons (Fsp3) is 0.171. The number of nitrogens with zero attached hydrogens (tertiary/aromatic N) is 10. The number of aromatic amines is 1. The minimum Gasteiger partial charge on any atom is -0.397 e. The van der Waals surface area contributed by atoms with E-state index in [1.54, 1.807) is 72.7 Å². The van der Waals surface area contributed by atoms with Gasteiger partial charge in [0.25, 0.3) is 5.91 Å². The van der Waals surface area contributed by atoms with E-state index in [-0.39, 0.29) is 29.3 Å². The Hall–Kier alpha value is -6.55. The second-order valence-corrected chi connectivity index (χ2v) is 13.0. The molecule has 0 spiro atoms. The van der Waals surface area contributed by atoms with Gasteiger partial charge < -0.3 is 33.6 Å². The summed E-state index contributed by atoms with van der Waals surface area (Å²) in [5.74, 6) is -1.34. The number of pyridine rings is 4. The summed E-state index contributed by atoms with van der Waals surface area (Å²) in [6.45, 7) is 0. The summed E-state index contributed by atoms with van der Waals surface area (Å²) in [5, 5.41) is 24.4. The van der Waals surface area contributed by atoms with Crippen LogP contribution < -0.4 is 33.6 Å². The first-order valence-electron chi connectivity index (χ1n) is 16.8. The van der Waals surface area contributed by atoms with Crippen LogP contribution in [0.15, 0.2) is 111 Å². The topological polar surface area (TPSA) is 274 Å². The number of nitrogen functional groups attached to an aromatic ring is 2. The highest BCUT2D eigenvalue weighted by atomic mass is 127. The number of rotatable bonds is 7. The number of primary amides is 1. The van der Waals surface area contributed by atoms with Crippen LogP contribution in [0.2, 0.25) is 0 Å². The van der Waals surface area contributed by atoms with Crippen LogP contribution in [0, 0.1) is 9.39 Å². The number of anilines is 5. The third-order valence-electron chi connectivity index (χ3n) is 7.67. The Morgan fingerprint density at radius 3 is 2.16 bits per heavy atom. The van der Waals surface area contributed by atoms with Gasteiger partial charge in [0.2, 0.25) is 0 Å². The maximum atomic E-state index is 14.6. The number of carbonyl (C=O) groups is 1. The molecule has 0 aliphatic heterocycles. The first kappa shape index (κ1) is 39.7. The minimum atomic E-state index is -0.803. The lowest BCUT2D eigenvalue weighted by atomic mass is 9.91. The summed E-state index contributed by atoms with van der Waals surface area (Å²) in [7, 11) is 0. The molecule has 18 nitrogen and oxygen atoms in total. The van der Waals surface area contributed by atoms with Gasteiger partial charge in [0.05, 0.1) is 59.3 Å². The van der Waals surface area contributed by atoms with Gasteiger partial charge in [-0.15, -0.1) is 4.80 Å². The van der Waals surface area contributed by atoms with E-state index in [0.717, 1.165) is 46.7 Å². The van der Waals surface area contributed by atoms with Gasteiger partial charge >= 0.3 is 0 Å². The summed E-state index contributed by atoms with van der Waals surface area (Å²) >= 11 is 2.16. The first-order valence-corrected chi connectivity index (χ1v) is 17.9. The zero-order chi connectivity index (χ0) is 39.0. The van der Waals surface area contributed by atoms with Gasteiger partial charge in [0.15, 0.2) is 11.6 Å². The molecule has 7 heterocycles. The predicted molar refractivity (Wildman–Crippen MR) is 215 cm³/mol. The molecule has 0 aromatic carbocycles. The van der Waals surface area contributed by atoms with E-state index >= 15 is 0 Å². The molecular weight excluding hydrogens is 820 g/mol. The predicted octanol–water partition coefficient (Wildman–Crippen LogP) is 4.25. The van der Waals surface area contributed by atoms with Crippen LogP contribution in [0.5, 0.6) is 0 Å². The molecule has 7 aromatic heterocycles. The lowest BCUT2D eigenvalue weighted by molar-refractivity contribution is 0.100. The van der Waals surface area contributed by atoms with Crippen molar-refractivity contribution in [3.05, 3.63) is 126 Å². The van der Waals surface area contributed by atoms with Crippen molar-refractivity contribution in [2.45, 2.75) is 37.8 Å². The van der Waals surface area contributed by atoms with Crippen LogP contribution in [0.3, 0.4) is 0 Å². The lowest BCUT2D eigenvalue weighted by Crippen LogP contribution is -2.43. The molecule has 1 fully saturated rings. The summed E-state index contributed by atoms with van der Waals surface area (Å²) in [6.07, 6.45) is 23.7. The van der Waals surface area contributed by atoms with Crippen molar-refractivity contribution >= 4 is 57.2 Å². The van der Waals surface area contributed by atoms with Crippen LogP contribution in [-0.2, 0) is 0 Å². The summed E-state index contributed by atoms with van der Waals surface area (Å²) in [4.78, 5) is 29.5. The Kier molecular flexibility index (Phi) is 14.5. The fourth-order valence-electron chi connectivity index (χ4n) is 5.11. The van der Waals surface area contributed by atoms with Crippen LogP contribution in [0.1, 0.15) is 36.0 Å². The largest absolute Gasteiger partial charge is 0.397 e. The highest BCUT2D eigenvalue weighted by Crippen LogP contribution is 2.27. The van der Waals surface area contributed by atoms with Gasteiger partial charge in [-0.2, -0.15) is 20.4 Å². The lowest BCUT2D eigenvalue weighted by Gasteiger charge is -2.30. The van der Waals surface area contributed by atoms with Gasteiger partial charge in [-0.05, 0) is 71.8 Å². The number of hydrogen-bond donors (Lipinski definition) is 7. The highest BCUT2D eigenvalue weighted by molar-refractivity contribution is 14.1. The van der Waals surface area contributed by atoms with Crippen molar-refractivity contribution in [1.29, 1.82) is 0 Å². The Bertz CT molecular complexity index is 2170. The van der Waals surface area contributed by atoms with Gasteiger partial charge in [-0.3, -0.25) is 24.8 Å². The number of nitrogens with one attached hydrogen (secondary N) is 3. The molecule has 7 aromatic rings. The molecule has 1 amide bonds. The second kappa shape index (κ2) is 20.1. The Balaban J connectivity index is 0.000000186. The second-order valence-electron chi connectivity index (χ2n) is 11.8. The van der Waals surface area contributed by atoms with Crippen molar-refractivity contribution in [3.63, 3.8) is 0 Å². The molecule has 1 aliphatic carbocycles. The van der Waals surface area contributed by atoms with E-state index in [1.807, 2.05) is 30.5 Å². The molecule has 1 saturated carbocycles. The molecule has 55 heavy (non-hydrogen) atoms. The number of nitrogens with two attached hydrogens (primary N) is 4. The summed E-state index contributed by atoms with van der Waals surface area (Å²) in [5.41, 5.74) is 25.8. The molecule has 0 bridgehead atoms. The highest BCUT2D eigenvalue weighted by Gasteiger charge is 2.24. The standard InChI is InChI=1S/C19H22FN9O.C8H8N4.C5H5IN2.C3H4N2/c20-14-8-13(17(22)30)18(28-19(14)27-16-4-2-1-3-15(16)21)26-11-7-12(10-23-9-11)29-24-5-6-25-29;9-7-4-8(6-10-5-7)12-3-1-2-11-12;6-4-1-5(7)3-8-2-4;1-2-4-5-3-1/h5-10,15-16H,1-4,21H2,(H2,22,30)(H2,26,27,28);1-6H,9H2;1-3H,7H2;1-3H,(H,4,5)/t15-,16+;;;/m0.../s1. The monoisotopic (exact) mass is 859 g/mol. The Labute approximate surface area is 328 Å². The van der Waals surface area contributed by atoms with Gasteiger partial charge in [-0.25, -0.2) is 14.1 Å². The number of aromatic nitrogens is 11. The number of amides is 1. The SMILES string of the molecule is NC(=O)c1cc(F)c(N[C@@H]2CCCC[C@@H]2N)nc1Nc1cncc(-n2nccn2)c1.Nc1cncc(-n2cccn2)c1.Nc1cncc(I)c1.c1cn[nH]c1. The Morgan fingerprint density at radius 1 is 0.836 bits per heavy atom.